The van der Waals surface area contributed by atoms with Crippen molar-refractivity contribution in [1.29, 1.82) is 0 Å². The molecule has 7 heteroatoms. The van der Waals surface area contributed by atoms with E-state index in [1.165, 1.54) is 113 Å². The molecule has 51 heavy (non-hydrogen) atoms. The van der Waals surface area contributed by atoms with E-state index in [-0.39, 0.29) is 6.04 Å². The lowest BCUT2D eigenvalue weighted by atomic mass is 9.54. The van der Waals surface area contributed by atoms with E-state index in [4.69, 9.17) is 0 Å². The first-order chi connectivity index (χ1) is 24.7. The van der Waals surface area contributed by atoms with Crippen molar-refractivity contribution in [3.8, 4) is 0 Å². The number of hydrogen-bond acceptors (Lipinski definition) is 1. The van der Waals surface area contributed by atoms with Gasteiger partial charge < -0.3 is 17.3 Å². The molecule has 10 rings (SSSR count). The highest BCUT2D eigenvalue weighted by Gasteiger charge is 2.56. The lowest BCUT2D eigenvalue weighted by molar-refractivity contribution is -0.622. The summed E-state index contributed by atoms with van der Waals surface area (Å²) in [5.41, 5.74) is 9.33. The summed E-state index contributed by atoms with van der Waals surface area (Å²) in [6, 6.07) is 29.9. The maximum Gasteiger partial charge on any atom is 0.673 e. The first kappa shape index (κ1) is 35.0. The van der Waals surface area contributed by atoms with Crippen molar-refractivity contribution in [2.75, 3.05) is 4.90 Å². The predicted molar refractivity (Wildman–Crippen MR) is 201 cm³/mol. The second-order valence-corrected chi connectivity index (χ2v) is 17.0. The quantitative estimate of drug-likeness (QED) is 0.141. The van der Waals surface area contributed by atoms with Gasteiger partial charge in [-0.3, -0.25) is 4.58 Å². The Kier molecular flexibility index (Phi) is 10.1. The Balaban J connectivity index is 0.000000702. The molecule has 1 heterocycles. The smallest absolute Gasteiger partial charge is 0.418 e. The number of halogens is 4. The lowest BCUT2D eigenvalue weighted by Crippen LogP contribution is -2.53. The number of aryl methyl sites for hydroxylation is 1. The molecule has 6 fully saturated rings. The molecule has 1 aliphatic heterocycles. The molecule has 3 aromatic carbocycles. The van der Waals surface area contributed by atoms with Crippen LogP contribution in [0.2, 0.25) is 0 Å². The summed E-state index contributed by atoms with van der Waals surface area (Å²) in [6.45, 7) is 2.47. The molecule has 4 bridgehead atoms. The van der Waals surface area contributed by atoms with Gasteiger partial charge >= 0.3 is 7.25 Å². The standard InChI is InChI=1S/C44H55N2.BF4/c1-30-22-37(33-14-6-2-7-15-33)28-40(34-16-8-3-9-17-34)41(30)45-29-46(42-38-24-31-23-32(26-38)27-39(42)25-31)44(36-20-12-5-13-21-36)43(45)35-18-10-4-11-19-35;2-1(3,4)5/h4-5,10-13,18-22,28-29,31-34,38-39,42-44H,2-3,6-9,14-17,23-27H2,1H3;/q+1;-1/t31?,32?,38?,39?,42?,43-,44-;/m1./s1. The fourth-order valence-electron chi connectivity index (χ4n) is 12.0. The van der Waals surface area contributed by atoms with Crippen LogP contribution in [-0.4, -0.2) is 24.2 Å². The molecular weight excluding hydrogens is 643 g/mol. The molecule has 2 atom stereocenters. The van der Waals surface area contributed by atoms with Crippen LogP contribution < -0.4 is 4.90 Å². The van der Waals surface area contributed by atoms with Gasteiger partial charge in [0.2, 0.25) is 6.34 Å². The Bertz CT molecular complexity index is 1630. The third-order valence-electron chi connectivity index (χ3n) is 13.7. The van der Waals surface area contributed by atoms with E-state index in [1.54, 1.807) is 16.8 Å². The van der Waals surface area contributed by atoms with Gasteiger partial charge in [-0.15, -0.1) is 0 Å². The van der Waals surface area contributed by atoms with Crippen molar-refractivity contribution >= 4 is 19.3 Å². The first-order valence-electron chi connectivity index (χ1n) is 20.2. The SMILES string of the molecule is Cc1cc(C2CCCCC2)cc(C2CCCCC2)c1N1C=[N+](C2C3CC4CC(C3)CC2C4)[C@H](c2ccccc2)[C@H]1c1ccccc1.F[B-](F)(F)F. The molecule has 2 nitrogen and oxygen atoms in total. The van der Waals surface area contributed by atoms with Crippen molar-refractivity contribution in [3.05, 3.63) is 101 Å². The summed E-state index contributed by atoms with van der Waals surface area (Å²) in [4.78, 5) is 2.84. The van der Waals surface area contributed by atoms with Crippen LogP contribution in [0.3, 0.4) is 0 Å². The lowest BCUT2D eigenvalue weighted by Gasteiger charge is -2.53. The molecule has 3 aromatic rings. The Morgan fingerprint density at radius 2 is 1.12 bits per heavy atom. The topological polar surface area (TPSA) is 6.25 Å². The van der Waals surface area contributed by atoms with Gasteiger partial charge in [0.15, 0.2) is 12.1 Å². The number of hydrogen-bond donors (Lipinski definition) is 0. The molecule has 272 valence electrons. The van der Waals surface area contributed by atoms with Gasteiger partial charge in [0.1, 0.15) is 11.7 Å². The normalized spacial score (nSPS) is 31.0. The van der Waals surface area contributed by atoms with Gasteiger partial charge in [-0.2, -0.15) is 0 Å². The molecule has 0 spiro atoms. The maximum atomic E-state index is 9.75. The van der Waals surface area contributed by atoms with Crippen molar-refractivity contribution in [1.82, 2.24) is 0 Å². The number of anilines is 1. The molecule has 0 N–H and O–H groups in total. The van der Waals surface area contributed by atoms with Gasteiger partial charge in [0.05, 0.1) is 0 Å². The second kappa shape index (κ2) is 14.7. The number of nitrogens with zero attached hydrogens (tertiary/aromatic N) is 2. The van der Waals surface area contributed by atoms with Gasteiger partial charge in [-0.05, 0) is 99.5 Å². The average molecular weight is 699 g/mol. The first-order valence-corrected chi connectivity index (χ1v) is 20.2. The largest absolute Gasteiger partial charge is 0.673 e. The van der Waals surface area contributed by atoms with Gasteiger partial charge in [0.25, 0.3) is 0 Å². The summed E-state index contributed by atoms with van der Waals surface area (Å²) in [5.74, 6) is 5.11. The van der Waals surface area contributed by atoms with Crippen molar-refractivity contribution < 1.29 is 21.8 Å². The zero-order chi connectivity index (χ0) is 35.1. The number of rotatable bonds is 6. The van der Waals surface area contributed by atoms with E-state index in [1.807, 2.05) is 0 Å². The molecule has 0 amide bonds. The molecule has 7 aliphatic rings. The molecular formula is C44H55BF4N2. The summed E-state index contributed by atoms with van der Waals surface area (Å²) < 4.78 is 42.0. The minimum Gasteiger partial charge on any atom is -0.418 e. The fourth-order valence-corrected chi connectivity index (χ4v) is 12.0. The third-order valence-corrected chi connectivity index (χ3v) is 13.7. The van der Waals surface area contributed by atoms with E-state index in [9.17, 15) is 17.3 Å². The van der Waals surface area contributed by atoms with Crippen LogP contribution in [0.1, 0.15) is 148 Å². The fraction of sp³-hybridized carbons (Fsp3) is 0.568. The highest BCUT2D eigenvalue weighted by atomic mass is 19.5. The van der Waals surface area contributed by atoms with Crippen LogP contribution in [-0.2, 0) is 0 Å². The molecule has 0 saturated heterocycles. The number of benzene rings is 3. The third kappa shape index (κ3) is 7.42. The van der Waals surface area contributed by atoms with Gasteiger partial charge in [-0.25, -0.2) is 4.90 Å². The monoisotopic (exact) mass is 698 g/mol. The Labute approximate surface area is 302 Å². The Hall–Kier alpha value is -3.09. The van der Waals surface area contributed by atoms with Crippen molar-refractivity contribution in [3.63, 3.8) is 0 Å². The zero-order valence-electron chi connectivity index (χ0n) is 30.3. The summed E-state index contributed by atoms with van der Waals surface area (Å²) in [7, 11) is -6.00. The van der Waals surface area contributed by atoms with Crippen LogP contribution >= 0.6 is 0 Å². The van der Waals surface area contributed by atoms with Crippen LogP contribution in [0, 0.1) is 30.6 Å². The summed E-state index contributed by atoms with van der Waals surface area (Å²) in [6.07, 6.45) is 23.9. The minimum absolute atomic E-state index is 0.266. The van der Waals surface area contributed by atoms with Gasteiger partial charge in [0, 0.05) is 28.5 Å². The van der Waals surface area contributed by atoms with Gasteiger partial charge in [-0.1, -0.05) is 111 Å². The Morgan fingerprint density at radius 1 is 0.608 bits per heavy atom. The van der Waals surface area contributed by atoms with Crippen LogP contribution in [0.4, 0.5) is 23.0 Å². The van der Waals surface area contributed by atoms with E-state index in [2.05, 4.69) is 95.5 Å². The highest BCUT2D eigenvalue weighted by molar-refractivity contribution is 6.50. The minimum atomic E-state index is -6.00. The van der Waals surface area contributed by atoms with Crippen LogP contribution in [0.25, 0.3) is 0 Å². The van der Waals surface area contributed by atoms with Crippen LogP contribution in [0.15, 0.2) is 72.8 Å². The zero-order valence-corrected chi connectivity index (χ0v) is 30.3. The van der Waals surface area contributed by atoms with E-state index in [0.717, 1.165) is 29.6 Å². The van der Waals surface area contributed by atoms with Crippen molar-refractivity contribution in [2.24, 2.45) is 23.7 Å². The molecule has 6 aliphatic carbocycles. The summed E-state index contributed by atoms with van der Waals surface area (Å²) in [5, 5.41) is 0. The molecule has 0 unspecified atom stereocenters. The van der Waals surface area contributed by atoms with E-state index < -0.39 is 7.25 Å². The van der Waals surface area contributed by atoms with E-state index in [0.29, 0.717) is 18.0 Å². The van der Waals surface area contributed by atoms with E-state index >= 15 is 0 Å². The highest BCUT2D eigenvalue weighted by Crippen LogP contribution is 2.57. The molecule has 0 aromatic heterocycles. The molecule has 6 saturated carbocycles. The molecule has 0 radical (unpaired) electrons. The second-order valence-electron chi connectivity index (χ2n) is 17.0. The van der Waals surface area contributed by atoms with Crippen LogP contribution in [0.5, 0.6) is 0 Å². The van der Waals surface area contributed by atoms with Crippen molar-refractivity contribution in [2.45, 2.75) is 133 Å². The maximum absolute atomic E-state index is 9.75. The summed E-state index contributed by atoms with van der Waals surface area (Å²) >= 11 is 0. The Morgan fingerprint density at radius 3 is 1.67 bits per heavy atom. The average Bonchev–Trinajstić information content (AvgIpc) is 3.51. The predicted octanol–water partition coefficient (Wildman–Crippen LogP) is 12.6.